The Hall–Kier alpha value is -1.62. The molecule has 30 heavy (non-hydrogen) atoms. The molecule has 1 aliphatic heterocycles. The number of thioether (sulfide) groups is 1. The first kappa shape index (κ1) is 23.1. The first-order chi connectivity index (χ1) is 14.6. The van der Waals surface area contributed by atoms with Crippen molar-refractivity contribution < 1.29 is 9.59 Å². The van der Waals surface area contributed by atoms with Crippen LogP contribution < -0.4 is 5.32 Å². The molecule has 1 saturated heterocycles. The molecule has 1 N–H and O–H groups in total. The van der Waals surface area contributed by atoms with E-state index >= 15 is 0 Å². The molecule has 10 heteroatoms. The zero-order chi connectivity index (χ0) is 21.3. The number of thiocarbonyl (C=S) groups is 1. The van der Waals surface area contributed by atoms with Crippen LogP contribution in [0.3, 0.4) is 0 Å². The summed E-state index contributed by atoms with van der Waals surface area (Å²) in [6, 6.07) is 3.94. The second-order valence-electron chi connectivity index (χ2n) is 6.81. The Bertz CT molecular complexity index is 908. The first-order valence-corrected chi connectivity index (χ1v) is 12.9. The van der Waals surface area contributed by atoms with Crippen molar-refractivity contribution in [3.63, 3.8) is 0 Å². The molecule has 0 aromatic carbocycles. The largest absolute Gasteiger partial charge is 0.301 e. The summed E-state index contributed by atoms with van der Waals surface area (Å²) in [6.45, 7) is 2.72. The Morgan fingerprint density at radius 3 is 2.90 bits per heavy atom. The van der Waals surface area contributed by atoms with Crippen LogP contribution in [0, 0.1) is 0 Å². The Kier molecular flexibility index (Phi) is 8.98. The number of thiophene rings is 1. The van der Waals surface area contributed by atoms with Gasteiger partial charge in [0, 0.05) is 24.3 Å². The number of amides is 2. The van der Waals surface area contributed by atoms with Gasteiger partial charge in [-0.3, -0.25) is 14.5 Å². The van der Waals surface area contributed by atoms with Gasteiger partial charge >= 0.3 is 0 Å². The fourth-order valence-corrected chi connectivity index (χ4v) is 5.67. The molecule has 2 aromatic heterocycles. The van der Waals surface area contributed by atoms with Crippen molar-refractivity contribution in [3.05, 3.63) is 32.3 Å². The van der Waals surface area contributed by atoms with Crippen LogP contribution in [0.15, 0.2) is 22.4 Å². The van der Waals surface area contributed by atoms with Crippen LogP contribution >= 0.6 is 46.7 Å². The topological polar surface area (TPSA) is 75.2 Å². The lowest BCUT2D eigenvalue weighted by molar-refractivity contribution is -0.122. The third kappa shape index (κ3) is 6.69. The lowest BCUT2D eigenvalue weighted by Gasteiger charge is -2.13. The van der Waals surface area contributed by atoms with Crippen molar-refractivity contribution in [2.75, 3.05) is 11.9 Å². The number of aryl methyl sites for hydroxylation is 1. The van der Waals surface area contributed by atoms with E-state index in [4.69, 9.17) is 12.2 Å². The second kappa shape index (κ2) is 11.7. The molecular formula is C20H24N4O2S4. The Morgan fingerprint density at radius 2 is 2.13 bits per heavy atom. The second-order valence-corrected chi connectivity index (χ2v) is 10.5. The maximum Gasteiger partial charge on any atom is 0.266 e. The van der Waals surface area contributed by atoms with Gasteiger partial charge in [0.1, 0.15) is 9.33 Å². The van der Waals surface area contributed by atoms with Crippen LogP contribution in [0.4, 0.5) is 5.13 Å². The number of nitrogens with one attached hydrogen (secondary N) is 1. The maximum atomic E-state index is 12.6. The van der Waals surface area contributed by atoms with Gasteiger partial charge in [-0.25, -0.2) is 0 Å². The summed E-state index contributed by atoms with van der Waals surface area (Å²) in [5.41, 5.74) is 0. The minimum Gasteiger partial charge on any atom is -0.301 e. The molecule has 0 saturated carbocycles. The van der Waals surface area contributed by atoms with Crippen LogP contribution in [0.25, 0.3) is 6.08 Å². The lowest BCUT2D eigenvalue weighted by atomic mass is 10.2. The molecule has 6 nitrogen and oxygen atoms in total. The van der Waals surface area contributed by atoms with E-state index in [1.165, 1.54) is 23.1 Å². The van der Waals surface area contributed by atoms with E-state index in [0.717, 1.165) is 48.4 Å². The van der Waals surface area contributed by atoms with Gasteiger partial charge in [0.05, 0.1) is 4.91 Å². The Labute approximate surface area is 194 Å². The van der Waals surface area contributed by atoms with Crippen LogP contribution in [-0.4, -0.2) is 37.8 Å². The zero-order valence-corrected chi connectivity index (χ0v) is 20.0. The summed E-state index contributed by atoms with van der Waals surface area (Å²) < 4.78 is 0.607. The molecule has 0 unspecified atom stereocenters. The number of anilines is 1. The number of nitrogens with zero attached hydrogens (tertiary/aromatic N) is 3. The smallest absolute Gasteiger partial charge is 0.266 e. The number of rotatable bonds is 11. The van der Waals surface area contributed by atoms with Crippen molar-refractivity contribution >= 4 is 74.0 Å². The van der Waals surface area contributed by atoms with E-state index in [0.29, 0.717) is 27.3 Å². The lowest BCUT2D eigenvalue weighted by Crippen LogP contribution is -2.29. The van der Waals surface area contributed by atoms with Crippen LogP contribution in [0.1, 0.15) is 55.3 Å². The van der Waals surface area contributed by atoms with Crippen molar-refractivity contribution in [3.8, 4) is 0 Å². The summed E-state index contributed by atoms with van der Waals surface area (Å²) in [5, 5.41) is 14.5. The molecule has 0 aliphatic carbocycles. The molecule has 3 heterocycles. The average molecular weight is 481 g/mol. The molecule has 0 radical (unpaired) electrons. The molecule has 2 aromatic rings. The highest BCUT2D eigenvalue weighted by Crippen LogP contribution is 2.33. The summed E-state index contributed by atoms with van der Waals surface area (Å²) in [5.74, 6) is -0.0658. The van der Waals surface area contributed by atoms with Crippen LogP contribution in [0.5, 0.6) is 0 Å². The van der Waals surface area contributed by atoms with E-state index in [-0.39, 0.29) is 11.8 Å². The first-order valence-electron chi connectivity index (χ1n) is 9.98. The summed E-state index contributed by atoms with van der Waals surface area (Å²) >= 11 is 9.76. The Morgan fingerprint density at radius 1 is 1.27 bits per heavy atom. The van der Waals surface area contributed by atoms with Gasteiger partial charge in [-0.2, -0.15) is 0 Å². The minimum absolute atomic E-state index is 0.0220. The monoisotopic (exact) mass is 480 g/mol. The highest BCUT2D eigenvalue weighted by molar-refractivity contribution is 8.26. The van der Waals surface area contributed by atoms with E-state index < -0.39 is 0 Å². The van der Waals surface area contributed by atoms with Gasteiger partial charge in [-0.1, -0.05) is 61.1 Å². The number of hydrogen-bond acceptors (Lipinski definition) is 8. The highest BCUT2D eigenvalue weighted by atomic mass is 32.2. The summed E-state index contributed by atoms with van der Waals surface area (Å²) in [4.78, 5) is 28.0. The summed E-state index contributed by atoms with van der Waals surface area (Å²) in [6.07, 6.45) is 7.85. The minimum atomic E-state index is -0.0438. The zero-order valence-electron chi connectivity index (χ0n) is 16.8. The van der Waals surface area contributed by atoms with Crippen molar-refractivity contribution in [1.82, 2.24) is 15.1 Å². The van der Waals surface area contributed by atoms with Crippen LogP contribution in [-0.2, 0) is 16.0 Å². The number of unbranched alkanes of at least 4 members (excludes halogenated alkanes) is 3. The van der Waals surface area contributed by atoms with Gasteiger partial charge < -0.3 is 5.32 Å². The number of carbonyl (C=O) groups is 2. The van der Waals surface area contributed by atoms with Crippen molar-refractivity contribution in [1.29, 1.82) is 0 Å². The fourth-order valence-electron chi connectivity index (χ4n) is 2.84. The third-order valence-electron chi connectivity index (χ3n) is 4.43. The molecule has 0 spiro atoms. The van der Waals surface area contributed by atoms with Crippen LogP contribution in [0.2, 0.25) is 0 Å². The van der Waals surface area contributed by atoms with Gasteiger partial charge in [-0.05, 0) is 36.8 Å². The van der Waals surface area contributed by atoms with Gasteiger partial charge in [0.2, 0.25) is 11.0 Å². The maximum absolute atomic E-state index is 12.6. The van der Waals surface area contributed by atoms with E-state index in [1.54, 1.807) is 16.2 Å². The molecule has 2 amide bonds. The normalized spacial score (nSPS) is 15.4. The van der Waals surface area contributed by atoms with Gasteiger partial charge in [-0.15, -0.1) is 21.5 Å². The molecule has 0 atom stereocenters. The van der Waals surface area contributed by atoms with E-state index in [9.17, 15) is 9.59 Å². The van der Waals surface area contributed by atoms with Crippen molar-refractivity contribution in [2.45, 2.75) is 51.9 Å². The summed E-state index contributed by atoms with van der Waals surface area (Å²) in [7, 11) is 0. The SMILES string of the molecule is CCCCc1nnc(NC(=O)CCCCCN2C(=O)/C(=C\c3cccs3)SC2=S)s1. The highest BCUT2D eigenvalue weighted by Gasteiger charge is 2.31. The number of aromatic nitrogens is 2. The Balaban J connectivity index is 1.35. The average Bonchev–Trinajstić information content (AvgIpc) is 3.44. The van der Waals surface area contributed by atoms with Crippen molar-refractivity contribution in [2.24, 2.45) is 0 Å². The number of carbonyl (C=O) groups excluding carboxylic acids is 2. The molecular weight excluding hydrogens is 457 g/mol. The third-order valence-corrected chi connectivity index (χ3v) is 7.53. The molecule has 0 bridgehead atoms. The standard InChI is InChI=1S/C20H24N4O2S4/c1-2-3-10-17-22-23-19(30-17)21-16(25)9-5-4-6-11-24-18(26)15(29-20(24)27)13-14-8-7-12-28-14/h7-8,12-13H,2-6,9-11H2,1H3,(H,21,23,25)/b15-13+. The molecule has 1 fully saturated rings. The molecule has 3 rings (SSSR count). The van der Waals surface area contributed by atoms with E-state index in [1.807, 2.05) is 23.6 Å². The predicted molar refractivity (Wildman–Crippen MR) is 130 cm³/mol. The van der Waals surface area contributed by atoms with Gasteiger partial charge in [0.25, 0.3) is 5.91 Å². The quantitative estimate of drug-likeness (QED) is 0.266. The molecule has 1 aliphatic rings. The molecule has 160 valence electrons. The predicted octanol–water partition coefficient (Wildman–Crippen LogP) is 5.34. The van der Waals surface area contributed by atoms with Gasteiger partial charge in [0.15, 0.2) is 0 Å². The van der Waals surface area contributed by atoms with E-state index in [2.05, 4.69) is 22.4 Å². The fraction of sp³-hybridized carbons (Fsp3) is 0.450. The number of hydrogen-bond donors (Lipinski definition) is 1.